The molecule has 1 N–H and O–H groups in total. The Hall–Kier alpha value is -1.31. The smallest absolute Gasteiger partial charge is 0.395 e. The fourth-order valence-corrected chi connectivity index (χ4v) is 2.67. The molecule has 1 atom stereocenters. The van der Waals surface area contributed by atoms with Crippen LogP contribution < -0.4 is 0 Å². The first-order valence-electron chi connectivity index (χ1n) is 7.10. The summed E-state index contributed by atoms with van der Waals surface area (Å²) >= 11 is 0. The number of carbonyl (C=O) groups is 2. The van der Waals surface area contributed by atoms with Crippen molar-refractivity contribution in [2.24, 2.45) is 5.92 Å². The molecule has 21 heavy (non-hydrogen) atoms. The van der Waals surface area contributed by atoms with Crippen molar-refractivity contribution in [1.29, 1.82) is 0 Å². The molecule has 5 nitrogen and oxygen atoms in total. The largest absolute Gasteiger partial charge is 0.406 e. The minimum absolute atomic E-state index is 0.0627. The Morgan fingerprint density at radius 2 is 1.90 bits per heavy atom. The average Bonchev–Trinajstić information content (AvgIpc) is 3.12. The van der Waals surface area contributed by atoms with Crippen LogP contribution in [0.4, 0.5) is 13.2 Å². The van der Waals surface area contributed by atoms with Crippen LogP contribution in [0.3, 0.4) is 0 Å². The van der Waals surface area contributed by atoms with Crippen molar-refractivity contribution in [1.82, 2.24) is 9.80 Å². The van der Waals surface area contributed by atoms with E-state index in [2.05, 4.69) is 0 Å². The zero-order valence-corrected chi connectivity index (χ0v) is 11.6. The number of hydrogen-bond acceptors (Lipinski definition) is 3. The molecule has 1 saturated carbocycles. The molecule has 1 saturated heterocycles. The third kappa shape index (κ3) is 4.09. The van der Waals surface area contributed by atoms with Gasteiger partial charge in [0.1, 0.15) is 12.6 Å². The van der Waals surface area contributed by atoms with Crippen molar-refractivity contribution in [2.45, 2.75) is 37.9 Å². The highest BCUT2D eigenvalue weighted by molar-refractivity contribution is 5.90. The van der Waals surface area contributed by atoms with Gasteiger partial charge in [0.25, 0.3) is 0 Å². The second-order valence-corrected chi connectivity index (χ2v) is 5.56. The Balaban J connectivity index is 2.05. The maximum absolute atomic E-state index is 12.5. The van der Waals surface area contributed by atoms with Crippen LogP contribution in [-0.2, 0) is 9.59 Å². The summed E-state index contributed by atoms with van der Waals surface area (Å²) in [5.74, 6) is -0.901. The molecule has 120 valence electrons. The number of aliphatic hydroxyl groups excluding tert-OH is 1. The third-order valence-electron chi connectivity index (χ3n) is 3.80. The molecule has 1 unspecified atom stereocenters. The van der Waals surface area contributed by atoms with Crippen LogP contribution >= 0.6 is 0 Å². The Kier molecular flexibility index (Phi) is 4.75. The van der Waals surface area contributed by atoms with Crippen molar-refractivity contribution in [3.63, 3.8) is 0 Å². The van der Waals surface area contributed by atoms with E-state index in [0.717, 1.165) is 12.8 Å². The Bertz CT molecular complexity index is 410. The Labute approximate surface area is 120 Å². The molecule has 2 fully saturated rings. The molecule has 0 aromatic rings. The number of likely N-dealkylation sites (tertiary alicyclic amines) is 1. The van der Waals surface area contributed by atoms with Gasteiger partial charge in [-0.05, 0) is 25.7 Å². The summed E-state index contributed by atoms with van der Waals surface area (Å²) in [6, 6.07) is -0.813. The molecule has 1 aliphatic heterocycles. The van der Waals surface area contributed by atoms with Crippen molar-refractivity contribution >= 4 is 11.8 Å². The van der Waals surface area contributed by atoms with Gasteiger partial charge in [-0.2, -0.15) is 13.2 Å². The zero-order chi connectivity index (χ0) is 15.6. The lowest BCUT2D eigenvalue weighted by Gasteiger charge is -2.30. The summed E-state index contributed by atoms with van der Waals surface area (Å²) in [5, 5.41) is 8.86. The van der Waals surface area contributed by atoms with E-state index in [1.807, 2.05) is 0 Å². The standard InChI is InChI=1S/C13H19F3N2O3/c14-13(15,16)8-17(6-7-19)12(21)10-2-1-5-18(10)11(20)9-3-4-9/h9-10,19H,1-8H2. The third-order valence-corrected chi connectivity index (χ3v) is 3.80. The Morgan fingerprint density at radius 3 is 2.43 bits per heavy atom. The summed E-state index contributed by atoms with van der Waals surface area (Å²) in [4.78, 5) is 26.4. The molecular weight excluding hydrogens is 289 g/mol. The molecule has 8 heteroatoms. The van der Waals surface area contributed by atoms with Gasteiger partial charge < -0.3 is 14.9 Å². The van der Waals surface area contributed by atoms with Crippen molar-refractivity contribution in [2.75, 3.05) is 26.2 Å². The van der Waals surface area contributed by atoms with Gasteiger partial charge in [0.15, 0.2) is 0 Å². The minimum atomic E-state index is -4.52. The number of amides is 2. The van der Waals surface area contributed by atoms with Crippen molar-refractivity contribution < 1.29 is 27.9 Å². The minimum Gasteiger partial charge on any atom is -0.395 e. The number of nitrogens with zero attached hydrogens (tertiary/aromatic N) is 2. The fraction of sp³-hybridized carbons (Fsp3) is 0.846. The number of alkyl halides is 3. The monoisotopic (exact) mass is 308 g/mol. The molecule has 0 aromatic carbocycles. The van der Waals surface area contributed by atoms with E-state index in [4.69, 9.17) is 5.11 Å². The van der Waals surface area contributed by atoms with Crippen LogP contribution in [0.25, 0.3) is 0 Å². The number of aliphatic hydroxyl groups is 1. The van der Waals surface area contributed by atoms with Crippen LogP contribution in [-0.4, -0.2) is 65.2 Å². The molecule has 1 aliphatic carbocycles. The van der Waals surface area contributed by atoms with E-state index in [1.165, 1.54) is 4.90 Å². The number of rotatable bonds is 5. The molecular formula is C13H19F3N2O3. The van der Waals surface area contributed by atoms with E-state index in [9.17, 15) is 22.8 Å². The van der Waals surface area contributed by atoms with Gasteiger partial charge >= 0.3 is 6.18 Å². The average molecular weight is 308 g/mol. The quantitative estimate of drug-likeness (QED) is 0.816. The highest BCUT2D eigenvalue weighted by Crippen LogP contribution is 2.34. The SMILES string of the molecule is O=C(C1CCCN1C(=O)C1CC1)N(CCO)CC(F)(F)F. The normalized spacial score (nSPS) is 22.5. The van der Waals surface area contributed by atoms with Gasteiger partial charge in [0.2, 0.25) is 11.8 Å². The van der Waals surface area contributed by atoms with E-state index >= 15 is 0 Å². The second-order valence-electron chi connectivity index (χ2n) is 5.56. The van der Waals surface area contributed by atoms with Crippen LogP contribution in [0.1, 0.15) is 25.7 Å². The molecule has 2 aliphatic rings. The van der Waals surface area contributed by atoms with E-state index in [0.29, 0.717) is 24.3 Å². The molecule has 0 aromatic heterocycles. The topological polar surface area (TPSA) is 60.9 Å². The first-order valence-corrected chi connectivity index (χ1v) is 7.10. The summed E-state index contributed by atoms with van der Waals surface area (Å²) < 4.78 is 37.5. The van der Waals surface area contributed by atoms with Crippen LogP contribution in [0.15, 0.2) is 0 Å². The van der Waals surface area contributed by atoms with Gasteiger partial charge in [-0.3, -0.25) is 9.59 Å². The van der Waals surface area contributed by atoms with Gasteiger partial charge in [-0.1, -0.05) is 0 Å². The van der Waals surface area contributed by atoms with Gasteiger partial charge in [0, 0.05) is 19.0 Å². The molecule has 0 spiro atoms. The molecule has 2 rings (SSSR count). The number of carbonyl (C=O) groups excluding carboxylic acids is 2. The first kappa shape index (κ1) is 16.1. The lowest BCUT2D eigenvalue weighted by Crippen LogP contribution is -2.51. The summed E-state index contributed by atoms with van der Waals surface area (Å²) in [6.45, 7) is -1.88. The van der Waals surface area contributed by atoms with E-state index in [-0.39, 0.29) is 18.4 Å². The molecule has 0 bridgehead atoms. The van der Waals surface area contributed by atoms with E-state index < -0.39 is 31.3 Å². The van der Waals surface area contributed by atoms with Crippen LogP contribution in [0.2, 0.25) is 0 Å². The van der Waals surface area contributed by atoms with Gasteiger partial charge in [-0.15, -0.1) is 0 Å². The maximum Gasteiger partial charge on any atom is 0.406 e. The second kappa shape index (κ2) is 6.21. The highest BCUT2D eigenvalue weighted by Gasteiger charge is 2.43. The van der Waals surface area contributed by atoms with Crippen LogP contribution in [0.5, 0.6) is 0 Å². The summed E-state index contributed by atoms with van der Waals surface area (Å²) in [7, 11) is 0. The Morgan fingerprint density at radius 1 is 1.24 bits per heavy atom. The lowest BCUT2D eigenvalue weighted by molar-refractivity contribution is -0.165. The van der Waals surface area contributed by atoms with Crippen LogP contribution in [0, 0.1) is 5.92 Å². The molecule has 2 amide bonds. The summed E-state index contributed by atoms with van der Waals surface area (Å²) in [6.07, 6.45) is -1.93. The van der Waals surface area contributed by atoms with Crippen molar-refractivity contribution in [3.8, 4) is 0 Å². The summed E-state index contributed by atoms with van der Waals surface area (Å²) in [5.41, 5.74) is 0. The predicted molar refractivity (Wildman–Crippen MR) is 67.2 cm³/mol. The zero-order valence-electron chi connectivity index (χ0n) is 11.6. The predicted octanol–water partition coefficient (Wildman–Crippen LogP) is 0.771. The maximum atomic E-state index is 12.5. The van der Waals surface area contributed by atoms with Gasteiger partial charge in [0.05, 0.1) is 6.61 Å². The number of halogens is 3. The molecule has 1 heterocycles. The van der Waals surface area contributed by atoms with Crippen molar-refractivity contribution in [3.05, 3.63) is 0 Å². The lowest BCUT2D eigenvalue weighted by atomic mass is 10.1. The molecule has 0 radical (unpaired) electrons. The van der Waals surface area contributed by atoms with E-state index in [1.54, 1.807) is 0 Å². The fourth-order valence-electron chi connectivity index (χ4n) is 2.67. The van der Waals surface area contributed by atoms with Gasteiger partial charge in [-0.25, -0.2) is 0 Å². The highest BCUT2D eigenvalue weighted by atomic mass is 19.4. The number of hydrogen-bond donors (Lipinski definition) is 1. The first-order chi connectivity index (χ1) is 9.83.